The van der Waals surface area contributed by atoms with Gasteiger partial charge in [0.2, 0.25) is 5.82 Å². The Bertz CT molecular complexity index is 560. The predicted octanol–water partition coefficient (Wildman–Crippen LogP) is 1.76. The Morgan fingerprint density at radius 3 is 2.75 bits per heavy atom. The van der Waals surface area contributed by atoms with Gasteiger partial charge in [0.15, 0.2) is 0 Å². The third-order valence-electron chi connectivity index (χ3n) is 4.01. The highest BCUT2D eigenvalue weighted by Gasteiger charge is 2.39. The van der Waals surface area contributed by atoms with Crippen LogP contribution >= 0.6 is 0 Å². The van der Waals surface area contributed by atoms with E-state index in [9.17, 15) is 10.1 Å². The van der Waals surface area contributed by atoms with Crippen molar-refractivity contribution in [2.45, 2.75) is 24.8 Å². The lowest BCUT2D eigenvalue weighted by molar-refractivity contribution is -0.384. The monoisotopic (exact) mass is 275 g/mol. The van der Waals surface area contributed by atoms with Crippen LogP contribution in [-0.4, -0.2) is 41.0 Å². The van der Waals surface area contributed by atoms with Crippen molar-refractivity contribution in [3.63, 3.8) is 0 Å². The minimum Gasteiger partial charge on any atom is -0.362 e. The summed E-state index contributed by atoms with van der Waals surface area (Å²) < 4.78 is 0. The van der Waals surface area contributed by atoms with Gasteiger partial charge < -0.3 is 10.2 Å². The zero-order chi connectivity index (χ0) is 14.8. The first kappa shape index (κ1) is 14.2. The molecule has 0 atom stereocenters. The molecule has 106 valence electrons. The fourth-order valence-corrected chi connectivity index (χ4v) is 2.40. The molecule has 1 fully saturated rings. The Balaban J connectivity index is 2.17. The van der Waals surface area contributed by atoms with Gasteiger partial charge in [-0.25, -0.2) is 4.98 Å². The number of hydrogen-bond donors (Lipinski definition) is 1. The molecule has 7 nitrogen and oxygen atoms in total. The van der Waals surface area contributed by atoms with E-state index in [1.807, 2.05) is 20.2 Å². The summed E-state index contributed by atoms with van der Waals surface area (Å²) >= 11 is 0. The number of likely N-dealkylation sites (N-methyl/N-ethyl adjacent to an activating group) is 1. The van der Waals surface area contributed by atoms with Crippen molar-refractivity contribution in [3.05, 3.63) is 27.9 Å². The molecule has 0 radical (unpaired) electrons. The van der Waals surface area contributed by atoms with Gasteiger partial charge in [-0.15, -0.1) is 0 Å². The van der Waals surface area contributed by atoms with Crippen LogP contribution in [0.4, 0.5) is 11.5 Å². The van der Waals surface area contributed by atoms with Crippen LogP contribution in [0.1, 0.15) is 24.8 Å². The highest BCUT2D eigenvalue weighted by molar-refractivity contribution is 5.58. The van der Waals surface area contributed by atoms with E-state index in [1.165, 1.54) is 18.7 Å². The average Bonchev–Trinajstić information content (AvgIpc) is 2.36. The molecule has 7 heteroatoms. The Hall–Kier alpha value is -2.20. The summed E-state index contributed by atoms with van der Waals surface area (Å²) in [5.41, 5.74) is 0.0780. The van der Waals surface area contributed by atoms with Crippen molar-refractivity contribution in [1.29, 1.82) is 5.26 Å². The van der Waals surface area contributed by atoms with Crippen molar-refractivity contribution in [2.24, 2.45) is 0 Å². The van der Waals surface area contributed by atoms with Crippen molar-refractivity contribution in [3.8, 4) is 6.07 Å². The lowest BCUT2D eigenvalue weighted by Crippen LogP contribution is -2.54. The molecule has 1 aromatic rings. The molecule has 20 heavy (non-hydrogen) atoms. The number of nitro groups is 1. The maximum Gasteiger partial charge on any atom is 0.312 e. The molecular weight excluding hydrogens is 258 g/mol. The summed E-state index contributed by atoms with van der Waals surface area (Å²) in [6, 6.07) is 3.11. The van der Waals surface area contributed by atoms with E-state index in [0.29, 0.717) is 6.54 Å². The standard InChI is InChI=1S/C13H17N5O2/c1-17(2)13(4-3-5-13)9-16-12-11(18(19)20)6-10(7-14)8-15-12/h6,8H,3-5,9H2,1-2H3,(H,15,16). The number of hydrogen-bond acceptors (Lipinski definition) is 6. The van der Waals surface area contributed by atoms with Crippen LogP contribution in [-0.2, 0) is 0 Å². The van der Waals surface area contributed by atoms with E-state index in [0.717, 1.165) is 12.8 Å². The predicted molar refractivity (Wildman–Crippen MR) is 74.4 cm³/mol. The van der Waals surface area contributed by atoms with Gasteiger partial charge in [0, 0.05) is 24.3 Å². The minimum absolute atomic E-state index is 0.0451. The molecule has 0 aliphatic heterocycles. The van der Waals surface area contributed by atoms with Crippen molar-refractivity contribution >= 4 is 11.5 Å². The molecule has 0 spiro atoms. The zero-order valence-corrected chi connectivity index (χ0v) is 11.6. The third-order valence-corrected chi connectivity index (χ3v) is 4.01. The summed E-state index contributed by atoms with van der Waals surface area (Å²) in [6.07, 6.45) is 4.65. The fourth-order valence-electron chi connectivity index (χ4n) is 2.40. The SMILES string of the molecule is CN(C)C1(CNc2ncc(C#N)cc2[N+](=O)[O-])CCC1. The van der Waals surface area contributed by atoms with Gasteiger partial charge in [-0.1, -0.05) is 0 Å². The van der Waals surface area contributed by atoms with Gasteiger partial charge >= 0.3 is 5.69 Å². The number of nitrogens with zero attached hydrogens (tertiary/aromatic N) is 4. The van der Waals surface area contributed by atoms with Crippen LogP contribution in [0.2, 0.25) is 0 Å². The summed E-state index contributed by atoms with van der Waals surface area (Å²) in [6.45, 7) is 0.611. The van der Waals surface area contributed by atoms with Crippen LogP contribution in [0.25, 0.3) is 0 Å². The first-order valence-electron chi connectivity index (χ1n) is 6.44. The van der Waals surface area contributed by atoms with E-state index >= 15 is 0 Å². The van der Waals surface area contributed by atoms with E-state index in [-0.39, 0.29) is 22.6 Å². The van der Waals surface area contributed by atoms with Gasteiger partial charge in [-0.05, 0) is 33.4 Å². The Kier molecular flexibility index (Phi) is 3.86. The van der Waals surface area contributed by atoms with Crippen molar-refractivity contribution in [2.75, 3.05) is 26.0 Å². The first-order chi connectivity index (χ1) is 9.48. The van der Waals surface area contributed by atoms with Crippen LogP contribution < -0.4 is 5.32 Å². The second-order valence-electron chi connectivity index (χ2n) is 5.29. The molecule has 0 amide bonds. The molecular formula is C13H17N5O2. The average molecular weight is 275 g/mol. The lowest BCUT2D eigenvalue weighted by Gasteiger charge is -2.47. The topological polar surface area (TPSA) is 95.1 Å². The molecule has 1 saturated carbocycles. The molecule has 1 heterocycles. The van der Waals surface area contributed by atoms with Gasteiger partial charge in [0.25, 0.3) is 0 Å². The normalized spacial score (nSPS) is 16.3. The molecule has 1 N–H and O–H groups in total. The van der Waals surface area contributed by atoms with E-state index in [1.54, 1.807) is 0 Å². The minimum atomic E-state index is -0.515. The van der Waals surface area contributed by atoms with E-state index < -0.39 is 4.92 Å². The number of rotatable bonds is 5. The zero-order valence-electron chi connectivity index (χ0n) is 11.6. The number of nitriles is 1. The molecule has 2 rings (SSSR count). The third kappa shape index (κ3) is 2.56. The molecule has 1 aliphatic carbocycles. The molecule has 0 unspecified atom stereocenters. The molecule has 0 aromatic carbocycles. The largest absolute Gasteiger partial charge is 0.362 e. The summed E-state index contributed by atoms with van der Waals surface area (Å²) in [5.74, 6) is 0.224. The maximum absolute atomic E-state index is 11.0. The fraction of sp³-hybridized carbons (Fsp3) is 0.538. The van der Waals surface area contributed by atoms with Crippen LogP contribution in [0.15, 0.2) is 12.3 Å². The second kappa shape index (κ2) is 5.43. The molecule has 0 bridgehead atoms. The van der Waals surface area contributed by atoms with E-state index in [4.69, 9.17) is 5.26 Å². The number of anilines is 1. The Morgan fingerprint density at radius 2 is 2.30 bits per heavy atom. The number of aromatic nitrogens is 1. The van der Waals surface area contributed by atoms with Gasteiger partial charge in [-0.2, -0.15) is 5.26 Å². The summed E-state index contributed by atoms with van der Waals surface area (Å²) in [7, 11) is 4.03. The summed E-state index contributed by atoms with van der Waals surface area (Å²) in [4.78, 5) is 16.7. The van der Waals surface area contributed by atoms with Crippen LogP contribution in [0.3, 0.4) is 0 Å². The van der Waals surface area contributed by atoms with Gasteiger partial charge in [0.05, 0.1) is 10.5 Å². The second-order valence-corrected chi connectivity index (χ2v) is 5.29. The number of nitrogens with one attached hydrogen (secondary N) is 1. The van der Waals surface area contributed by atoms with Gasteiger partial charge in [-0.3, -0.25) is 10.1 Å². The maximum atomic E-state index is 11.0. The quantitative estimate of drug-likeness (QED) is 0.649. The van der Waals surface area contributed by atoms with Crippen LogP contribution in [0, 0.1) is 21.4 Å². The van der Waals surface area contributed by atoms with Gasteiger partial charge in [0.1, 0.15) is 6.07 Å². The van der Waals surface area contributed by atoms with Crippen molar-refractivity contribution < 1.29 is 4.92 Å². The Morgan fingerprint density at radius 1 is 1.60 bits per heavy atom. The Labute approximate surface area is 117 Å². The van der Waals surface area contributed by atoms with Crippen molar-refractivity contribution in [1.82, 2.24) is 9.88 Å². The van der Waals surface area contributed by atoms with Crippen LogP contribution in [0.5, 0.6) is 0 Å². The molecule has 1 aliphatic rings. The molecule has 0 saturated heterocycles. The summed E-state index contributed by atoms with van der Waals surface area (Å²) in [5, 5.41) is 22.9. The lowest BCUT2D eigenvalue weighted by atomic mass is 9.75. The smallest absolute Gasteiger partial charge is 0.312 e. The van der Waals surface area contributed by atoms with E-state index in [2.05, 4.69) is 15.2 Å². The first-order valence-corrected chi connectivity index (χ1v) is 6.44. The highest BCUT2D eigenvalue weighted by atomic mass is 16.6. The number of pyridine rings is 1. The highest BCUT2D eigenvalue weighted by Crippen LogP contribution is 2.36. The molecule has 1 aromatic heterocycles.